The number of ether oxygens (including phenoxy) is 1. The van der Waals surface area contributed by atoms with Gasteiger partial charge in [-0.05, 0) is 66.6 Å². The molecule has 7 rings (SSSR count). The van der Waals surface area contributed by atoms with Crippen LogP contribution in [0.25, 0.3) is 0 Å². The highest BCUT2D eigenvalue weighted by Crippen LogP contribution is 2.47. The van der Waals surface area contributed by atoms with Gasteiger partial charge in [-0.3, -0.25) is 4.57 Å². The van der Waals surface area contributed by atoms with Gasteiger partial charge in [-0.1, -0.05) is 61.9 Å². The molecule has 1 N–H and O–H groups in total. The Morgan fingerprint density at radius 1 is 0.976 bits per heavy atom. The Hall–Kier alpha value is -4.43. The molecule has 8 nitrogen and oxygen atoms in total. The number of anilines is 2. The van der Waals surface area contributed by atoms with Gasteiger partial charge in [-0.15, -0.1) is 10.2 Å². The zero-order valence-electron chi connectivity index (χ0n) is 24.9. The number of rotatable bonds is 7. The molecule has 0 saturated heterocycles. The average Bonchev–Trinajstić information content (AvgIpc) is 3.52. The molecule has 0 radical (unpaired) electrons. The minimum absolute atomic E-state index is 0.137. The number of benzene rings is 3. The van der Waals surface area contributed by atoms with E-state index in [9.17, 15) is 5.11 Å². The fraction of sp³-hybridized carbons (Fsp3) is 0.324. The van der Waals surface area contributed by atoms with E-state index in [2.05, 4.69) is 68.0 Å². The van der Waals surface area contributed by atoms with Crippen molar-refractivity contribution >= 4 is 11.6 Å². The third kappa shape index (κ3) is 4.65. The molecule has 8 heteroatoms. The fourth-order valence-corrected chi connectivity index (χ4v) is 6.03. The van der Waals surface area contributed by atoms with Crippen LogP contribution >= 0.6 is 0 Å². The summed E-state index contributed by atoms with van der Waals surface area (Å²) in [5.74, 6) is 2.24. The van der Waals surface area contributed by atoms with Crippen molar-refractivity contribution in [3.63, 3.8) is 0 Å². The largest absolute Gasteiger partial charge is 0.497 e. The first kappa shape index (κ1) is 27.7. The Morgan fingerprint density at radius 2 is 1.74 bits per heavy atom. The third-order valence-corrected chi connectivity index (χ3v) is 8.30. The van der Waals surface area contributed by atoms with Crippen LogP contribution in [0.2, 0.25) is 0 Å². The predicted molar refractivity (Wildman–Crippen MR) is 164 cm³/mol. The molecule has 0 bridgehead atoms. The molecule has 0 amide bonds. The average molecular weight is 563 g/mol. The predicted octanol–water partition coefficient (Wildman–Crippen LogP) is 6.14. The van der Waals surface area contributed by atoms with Crippen LogP contribution in [0.4, 0.5) is 11.6 Å². The molecule has 2 aliphatic rings. The Labute approximate surface area is 247 Å². The van der Waals surface area contributed by atoms with Crippen molar-refractivity contribution in [2.24, 2.45) is 13.0 Å². The number of methoxy groups -OCH3 is 1. The number of hydrogen-bond donors (Lipinski definition) is 1. The van der Waals surface area contributed by atoms with Gasteiger partial charge >= 0.3 is 0 Å². The lowest BCUT2D eigenvalue weighted by Crippen LogP contribution is -2.34. The van der Waals surface area contributed by atoms with Gasteiger partial charge in [-0.25, -0.2) is 4.98 Å². The van der Waals surface area contributed by atoms with Crippen molar-refractivity contribution in [1.29, 1.82) is 0 Å². The second-order valence-corrected chi connectivity index (χ2v) is 11.0. The summed E-state index contributed by atoms with van der Waals surface area (Å²) in [5.41, 5.74) is 5.28. The van der Waals surface area contributed by atoms with Crippen molar-refractivity contribution in [1.82, 2.24) is 24.3 Å². The summed E-state index contributed by atoms with van der Waals surface area (Å²) in [5, 5.41) is 21.6. The van der Waals surface area contributed by atoms with Crippen LogP contribution in [0.1, 0.15) is 66.2 Å². The van der Waals surface area contributed by atoms with E-state index in [0.717, 1.165) is 46.2 Å². The number of aromatic nitrogens is 5. The zero-order chi connectivity index (χ0) is 29.4. The van der Waals surface area contributed by atoms with Crippen LogP contribution in [0.3, 0.4) is 0 Å². The molecule has 1 aliphatic heterocycles. The molecule has 1 fully saturated rings. The first-order chi connectivity index (χ1) is 20.5. The Bertz CT molecular complexity index is 1690. The third-order valence-electron chi connectivity index (χ3n) is 8.30. The van der Waals surface area contributed by atoms with E-state index in [0.29, 0.717) is 11.6 Å². The molecule has 1 saturated carbocycles. The molecule has 2 atom stereocenters. The highest BCUT2D eigenvalue weighted by Gasteiger charge is 2.40. The van der Waals surface area contributed by atoms with Crippen LogP contribution in [-0.2, 0) is 12.6 Å². The second kappa shape index (κ2) is 11.1. The summed E-state index contributed by atoms with van der Waals surface area (Å²) >= 11 is 0. The van der Waals surface area contributed by atoms with Gasteiger partial charge in [0, 0.05) is 24.8 Å². The molecule has 5 aromatic rings. The van der Waals surface area contributed by atoms with Gasteiger partial charge in [0.15, 0.2) is 5.60 Å². The fourth-order valence-electron chi connectivity index (χ4n) is 6.03. The molecule has 1 aliphatic carbocycles. The second-order valence-electron chi connectivity index (χ2n) is 11.0. The van der Waals surface area contributed by atoms with Crippen molar-refractivity contribution in [3.05, 3.63) is 119 Å². The van der Waals surface area contributed by atoms with Crippen LogP contribution in [-0.4, -0.2) is 43.1 Å². The van der Waals surface area contributed by atoms with E-state index in [1.165, 1.54) is 18.4 Å². The zero-order valence-corrected chi connectivity index (χ0v) is 24.9. The minimum atomic E-state index is -1.45. The SMILES string of the molecule is CC.COc1ccc(C(O)(c2ccc3c(c2)C(c2cccc(C)c2)n2cnnc2N3CC2CC2)c2cncn2C)cc1. The summed E-state index contributed by atoms with van der Waals surface area (Å²) in [6.07, 6.45) is 7.75. The van der Waals surface area contributed by atoms with E-state index in [4.69, 9.17) is 4.74 Å². The quantitative estimate of drug-likeness (QED) is 0.257. The Kier molecular flexibility index (Phi) is 7.33. The highest BCUT2D eigenvalue weighted by molar-refractivity contribution is 5.70. The maximum atomic E-state index is 12.7. The number of aryl methyl sites for hydroxylation is 2. The Morgan fingerprint density at radius 3 is 2.40 bits per heavy atom. The van der Waals surface area contributed by atoms with Crippen LogP contribution in [0.15, 0.2) is 85.6 Å². The topological polar surface area (TPSA) is 81.2 Å². The lowest BCUT2D eigenvalue weighted by Gasteiger charge is -2.38. The normalized spacial score (nSPS) is 17.0. The minimum Gasteiger partial charge on any atom is -0.497 e. The standard InChI is InChI=1S/C32H32N6O2.C2H6/c1-21-5-4-6-23(15-21)30-27-16-25(11-14-28(27)37(18-22-7-8-22)31-35-34-20-38(30)31)32(39,29-17-33-19-36(29)2)24-9-12-26(40-3)13-10-24;1-2/h4-6,9-17,19-20,22,30,39H,7-8,18H2,1-3H3;1-2H3. The van der Waals surface area contributed by atoms with Gasteiger partial charge in [0.25, 0.3) is 0 Å². The number of imidazole rings is 1. The van der Waals surface area contributed by atoms with E-state index in [1.807, 2.05) is 62.1 Å². The summed E-state index contributed by atoms with van der Waals surface area (Å²) in [6, 6.07) is 22.4. The molecule has 0 spiro atoms. The number of hydrogen-bond acceptors (Lipinski definition) is 6. The molecular weight excluding hydrogens is 524 g/mol. The van der Waals surface area contributed by atoms with Gasteiger partial charge in [0.1, 0.15) is 12.1 Å². The molecule has 2 aromatic heterocycles. The van der Waals surface area contributed by atoms with Crippen LogP contribution < -0.4 is 9.64 Å². The molecule has 42 heavy (non-hydrogen) atoms. The number of fused-ring (bicyclic) bond motifs is 2. The summed E-state index contributed by atoms with van der Waals surface area (Å²) in [4.78, 5) is 6.65. The first-order valence-electron chi connectivity index (χ1n) is 14.7. The molecule has 3 heterocycles. The van der Waals surface area contributed by atoms with Crippen molar-refractivity contribution in [3.8, 4) is 5.75 Å². The van der Waals surface area contributed by atoms with E-state index >= 15 is 0 Å². The van der Waals surface area contributed by atoms with Crippen LogP contribution in [0, 0.1) is 12.8 Å². The maximum Gasteiger partial charge on any atom is 0.232 e. The Balaban J connectivity index is 0.00000155. The highest BCUT2D eigenvalue weighted by atomic mass is 16.5. The summed E-state index contributed by atoms with van der Waals surface area (Å²) in [7, 11) is 3.55. The van der Waals surface area contributed by atoms with E-state index in [1.54, 1.807) is 19.6 Å². The molecule has 3 aromatic carbocycles. The lowest BCUT2D eigenvalue weighted by atomic mass is 9.81. The van der Waals surface area contributed by atoms with Gasteiger partial charge in [0.2, 0.25) is 5.95 Å². The van der Waals surface area contributed by atoms with Gasteiger partial charge < -0.3 is 19.3 Å². The number of aliphatic hydroxyl groups is 1. The molecular formula is C34H38N6O2. The molecule has 216 valence electrons. The monoisotopic (exact) mass is 562 g/mol. The summed E-state index contributed by atoms with van der Waals surface area (Å²) in [6.45, 7) is 7.01. The van der Waals surface area contributed by atoms with Crippen LogP contribution in [0.5, 0.6) is 5.75 Å². The van der Waals surface area contributed by atoms with Crippen molar-refractivity contribution < 1.29 is 9.84 Å². The number of nitrogens with zero attached hydrogens (tertiary/aromatic N) is 6. The van der Waals surface area contributed by atoms with Gasteiger partial charge in [0.05, 0.1) is 31.4 Å². The smallest absolute Gasteiger partial charge is 0.232 e. The van der Waals surface area contributed by atoms with Crippen molar-refractivity contribution in [2.45, 2.75) is 45.3 Å². The van der Waals surface area contributed by atoms with Gasteiger partial charge in [-0.2, -0.15) is 0 Å². The van der Waals surface area contributed by atoms with Crippen molar-refractivity contribution in [2.75, 3.05) is 18.6 Å². The summed E-state index contributed by atoms with van der Waals surface area (Å²) < 4.78 is 9.44. The van der Waals surface area contributed by atoms with E-state index in [-0.39, 0.29) is 6.04 Å². The maximum absolute atomic E-state index is 12.7. The lowest BCUT2D eigenvalue weighted by molar-refractivity contribution is 0.117. The molecule has 2 unspecified atom stereocenters. The van der Waals surface area contributed by atoms with E-state index < -0.39 is 5.60 Å². The first-order valence-corrected chi connectivity index (χ1v) is 14.7.